The van der Waals surface area contributed by atoms with Crippen LogP contribution in [0.3, 0.4) is 0 Å². The summed E-state index contributed by atoms with van der Waals surface area (Å²) in [6, 6.07) is 8.09. The Kier molecular flexibility index (Phi) is 2.48. The smallest absolute Gasteiger partial charge is 0.155 e. The first kappa shape index (κ1) is 10.8. The molecule has 0 radical (unpaired) electrons. The maximum atomic E-state index is 10.9. The molecule has 0 aliphatic heterocycles. The highest BCUT2D eigenvalue weighted by Gasteiger charge is 2.13. The fraction of sp³-hybridized carbons (Fsp3) is 0.143. The molecule has 0 unspecified atom stereocenters. The van der Waals surface area contributed by atoms with Gasteiger partial charge in [-0.3, -0.25) is 4.79 Å². The molecule has 0 saturated heterocycles. The number of hydrogen-bond acceptors (Lipinski definition) is 3. The highest BCUT2D eigenvalue weighted by molar-refractivity contribution is 5.85. The average Bonchev–Trinajstić information content (AvgIpc) is 2.95. The number of aromatic nitrogens is 2. The summed E-state index contributed by atoms with van der Waals surface area (Å²) in [7, 11) is 0. The van der Waals surface area contributed by atoms with E-state index >= 15 is 0 Å². The van der Waals surface area contributed by atoms with Crippen LogP contribution in [-0.2, 0) is 6.42 Å². The van der Waals surface area contributed by atoms with Crippen LogP contribution < -0.4 is 0 Å². The van der Waals surface area contributed by atoms with Crippen molar-refractivity contribution in [2.45, 2.75) is 13.3 Å². The van der Waals surface area contributed by atoms with E-state index < -0.39 is 0 Å². The van der Waals surface area contributed by atoms with Crippen molar-refractivity contribution in [2.75, 3.05) is 0 Å². The predicted molar refractivity (Wildman–Crippen MR) is 67.7 cm³/mol. The third kappa shape index (κ3) is 1.62. The molecule has 1 N–H and O–H groups in total. The molecule has 0 aliphatic rings. The molecule has 4 heteroatoms. The zero-order chi connectivity index (χ0) is 12.5. The molecule has 0 spiro atoms. The number of nitrogens with zero attached hydrogens (tertiary/aromatic N) is 1. The first-order valence-electron chi connectivity index (χ1n) is 5.74. The summed E-state index contributed by atoms with van der Waals surface area (Å²) < 4.78 is 5.14. The van der Waals surface area contributed by atoms with Gasteiger partial charge in [-0.1, -0.05) is 23.4 Å². The molecule has 2 aromatic heterocycles. The number of aldehydes is 1. The number of H-pyrrole nitrogens is 1. The van der Waals surface area contributed by atoms with Crippen LogP contribution in [0.4, 0.5) is 0 Å². The van der Waals surface area contributed by atoms with E-state index in [4.69, 9.17) is 4.52 Å². The Labute approximate surface area is 104 Å². The van der Waals surface area contributed by atoms with Gasteiger partial charge in [0.05, 0.1) is 11.8 Å². The second kappa shape index (κ2) is 4.14. The molecule has 3 rings (SSSR count). The van der Waals surface area contributed by atoms with Gasteiger partial charge >= 0.3 is 0 Å². The van der Waals surface area contributed by atoms with Crippen molar-refractivity contribution in [3.05, 3.63) is 53.0 Å². The molecule has 0 saturated carbocycles. The van der Waals surface area contributed by atoms with Crippen LogP contribution in [0.15, 0.2) is 35.0 Å². The van der Waals surface area contributed by atoms with Gasteiger partial charge < -0.3 is 9.51 Å². The van der Waals surface area contributed by atoms with Gasteiger partial charge in [0.2, 0.25) is 0 Å². The predicted octanol–water partition coefficient (Wildman–Crippen LogP) is 2.87. The second-order valence-corrected chi connectivity index (χ2v) is 4.27. The maximum absolute atomic E-state index is 10.9. The molecule has 0 aliphatic carbocycles. The minimum absolute atomic E-state index is 0.514. The zero-order valence-electron chi connectivity index (χ0n) is 9.93. The molecule has 0 atom stereocenters. The average molecular weight is 240 g/mol. The number of benzene rings is 1. The molecule has 0 amide bonds. The van der Waals surface area contributed by atoms with Crippen LogP contribution in [0.2, 0.25) is 0 Å². The van der Waals surface area contributed by atoms with Crippen molar-refractivity contribution in [1.29, 1.82) is 0 Å². The number of para-hydroxylation sites is 1. The van der Waals surface area contributed by atoms with Gasteiger partial charge in [0.25, 0.3) is 0 Å². The highest BCUT2D eigenvalue weighted by atomic mass is 16.5. The van der Waals surface area contributed by atoms with E-state index in [1.807, 2.05) is 25.1 Å². The first-order chi connectivity index (χ1) is 8.79. The number of aryl methyl sites for hydroxylation is 1. The molecule has 0 bridgehead atoms. The highest BCUT2D eigenvalue weighted by Crippen LogP contribution is 2.25. The monoisotopic (exact) mass is 240 g/mol. The molecule has 18 heavy (non-hydrogen) atoms. The summed E-state index contributed by atoms with van der Waals surface area (Å²) in [4.78, 5) is 14.2. The summed E-state index contributed by atoms with van der Waals surface area (Å²) in [5, 5.41) is 4.82. The maximum Gasteiger partial charge on any atom is 0.155 e. The number of rotatable bonds is 3. The number of carbonyl (C=O) groups excluding carboxylic acids is 1. The summed E-state index contributed by atoms with van der Waals surface area (Å²) in [5.41, 5.74) is 3.84. The molecule has 4 nitrogen and oxygen atoms in total. The number of aromatic amines is 1. The molecular formula is C14H12N2O2. The SMILES string of the molecule is Cc1[nH]c2ccccc2c1Cc1oncc1C=O. The lowest BCUT2D eigenvalue weighted by Gasteiger charge is -1.98. The first-order valence-corrected chi connectivity index (χ1v) is 5.74. The summed E-state index contributed by atoms with van der Waals surface area (Å²) in [6.07, 6.45) is 2.80. The lowest BCUT2D eigenvalue weighted by molar-refractivity contribution is 0.112. The van der Waals surface area contributed by atoms with Crippen molar-refractivity contribution in [1.82, 2.24) is 10.1 Å². The number of hydrogen-bond donors (Lipinski definition) is 1. The van der Waals surface area contributed by atoms with Gasteiger partial charge in [-0.15, -0.1) is 0 Å². The number of carbonyl (C=O) groups is 1. The van der Waals surface area contributed by atoms with Crippen molar-refractivity contribution in [3.63, 3.8) is 0 Å². The normalized spacial score (nSPS) is 10.9. The minimum Gasteiger partial charge on any atom is -0.360 e. The van der Waals surface area contributed by atoms with Crippen LogP contribution in [0.25, 0.3) is 10.9 Å². The standard InChI is InChI=1S/C14H12N2O2/c1-9-12(6-14-10(8-17)7-15-18-14)11-4-2-3-5-13(11)16-9/h2-5,7-8,16H,6H2,1H3. The quantitative estimate of drug-likeness (QED) is 0.716. The molecule has 0 fully saturated rings. The van der Waals surface area contributed by atoms with E-state index in [0.717, 1.165) is 28.4 Å². The van der Waals surface area contributed by atoms with Gasteiger partial charge in [-0.2, -0.15) is 0 Å². The van der Waals surface area contributed by atoms with E-state index in [1.165, 1.54) is 6.20 Å². The van der Waals surface area contributed by atoms with Gasteiger partial charge in [0.15, 0.2) is 12.0 Å². The Morgan fingerprint density at radius 1 is 1.39 bits per heavy atom. The molecule has 2 heterocycles. The van der Waals surface area contributed by atoms with Crippen molar-refractivity contribution in [3.8, 4) is 0 Å². The molecule has 1 aromatic carbocycles. The van der Waals surface area contributed by atoms with E-state index in [-0.39, 0.29) is 0 Å². The van der Waals surface area contributed by atoms with E-state index in [9.17, 15) is 4.79 Å². The summed E-state index contributed by atoms with van der Waals surface area (Å²) >= 11 is 0. The van der Waals surface area contributed by atoms with Gasteiger partial charge in [0.1, 0.15) is 0 Å². The largest absolute Gasteiger partial charge is 0.360 e. The molecule has 3 aromatic rings. The Morgan fingerprint density at radius 2 is 2.22 bits per heavy atom. The van der Waals surface area contributed by atoms with Crippen LogP contribution in [-0.4, -0.2) is 16.4 Å². The van der Waals surface area contributed by atoms with Gasteiger partial charge in [-0.25, -0.2) is 0 Å². The van der Waals surface area contributed by atoms with Crippen molar-refractivity contribution < 1.29 is 9.32 Å². The second-order valence-electron chi connectivity index (χ2n) is 4.27. The number of nitrogens with one attached hydrogen (secondary N) is 1. The van der Waals surface area contributed by atoms with Gasteiger partial charge in [0, 0.05) is 23.0 Å². The van der Waals surface area contributed by atoms with Crippen molar-refractivity contribution in [2.24, 2.45) is 0 Å². The van der Waals surface area contributed by atoms with Crippen LogP contribution in [0.1, 0.15) is 27.4 Å². The molecular weight excluding hydrogens is 228 g/mol. The number of fused-ring (bicyclic) bond motifs is 1. The third-order valence-electron chi connectivity index (χ3n) is 3.17. The fourth-order valence-corrected chi connectivity index (χ4v) is 2.23. The lowest BCUT2D eigenvalue weighted by Crippen LogP contribution is -1.91. The lowest BCUT2D eigenvalue weighted by atomic mass is 10.0. The topological polar surface area (TPSA) is 58.9 Å². The van der Waals surface area contributed by atoms with E-state index in [1.54, 1.807) is 0 Å². The Morgan fingerprint density at radius 3 is 3.06 bits per heavy atom. The van der Waals surface area contributed by atoms with Gasteiger partial charge in [-0.05, 0) is 18.6 Å². The summed E-state index contributed by atoms with van der Waals surface area (Å²) in [6.45, 7) is 2.02. The molecule has 90 valence electrons. The fourth-order valence-electron chi connectivity index (χ4n) is 2.23. The third-order valence-corrected chi connectivity index (χ3v) is 3.17. The van der Waals surface area contributed by atoms with E-state index in [0.29, 0.717) is 17.7 Å². The van der Waals surface area contributed by atoms with E-state index in [2.05, 4.69) is 16.2 Å². The van der Waals surface area contributed by atoms with Crippen LogP contribution in [0.5, 0.6) is 0 Å². The Balaban J connectivity index is 2.10. The Hall–Kier alpha value is -2.36. The summed E-state index contributed by atoms with van der Waals surface area (Å²) in [5.74, 6) is 0.609. The zero-order valence-corrected chi connectivity index (χ0v) is 9.93. The Bertz CT molecular complexity index is 709. The van der Waals surface area contributed by atoms with Crippen LogP contribution >= 0.6 is 0 Å². The van der Waals surface area contributed by atoms with Crippen molar-refractivity contribution >= 4 is 17.2 Å². The van der Waals surface area contributed by atoms with Crippen LogP contribution in [0, 0.1) is 6.92 Å². The minimum atomic E-state index is 0.514.